The number of nitrogens with one attached hydrogen (secondary N) is 2. The molecule has 0 amide bonds. The van der Waals surface area contributed by atoms with Crippen LogP contribution in [0.5, 0.6) is 0 Å². The first kappa shape index (κ1) is 26.7. The molecule has 1 heterocycles. The van der Waals surface area contributed by atoms with Gasteiger partial charge in [-0.1, -0.05) is 18.2 Å². The van der Waals surface area contributed by atoms with Crippen LogP contribution in [0.1, 0.15) is 24.7 Å². The Kier molecular flexibility index (Phi) is 7.96. The number of aromatic nitrogens is 2. The number of imidazole rings is 1. The highest BCUT2D eigenvalue weighted by Gasteiger charge is 2.26. The number of sulfonamides is 1. The number of fused-ring (bicyclic) bond motifs is 1. The van der Waals surface area contributed by atoms with E-state index < -0.39 is 16.0 Å². The predicted molar refractivity (Wildman–Crippen MR) is 148 cm³/mol. The molecule has 0 saturated carbocycles. The largest absolute Gasteiger partial charge is 0.466 e. The monoisotopic (exact) mass is 534 g/mol. The van der Waals surface area contributed by atoms with Gasteiger partial charge in [0, 0.05) is 24.8 Å². The molecular formula is C27H30N6O4S. The fourth-order valence-corrected chi connectivity index (χ4v) is 5.52. The Bertz CT molecular complexity index is 1550. The molecular weight excluding hydrogens is 504 g/mol. The average molecular weight is 535 g/mol. The molecule has 0 spiro atoms. The number of benzene rings is 3. The van der Waals surface area contributed by atoms with E-state index in [2.05, 4.69) is 10.3 Å². The van der Waals surface area contributed by atoms with Crippen molar-refractivity contribution < 1.29 is 17.9 Å². The van der Waals surface area contributed by atoms with Crippen molar-refractivity contribution in [3.05, 3.63) is 84.2 Å². The number of nitrogens with two attached hydrogens (primary N) is 1. The SMILES string of the molecule is CCOC(=O)CCN(c1ccccc1)S(=O)(=O)c1ccc2c(c1)nc(CNc1ccc(C(=N)N)cc1)n2C. The molecule has 0 bridgehead atoms. The van der Waals surface area contributed by atoms with E-state index in [1.807, 2.05) is 23.7 Å². The molecule has 198 valence electrons. The molecule has 3 aromatic carbocycles. The minimum absolute atomic E-state index is 0.00405. The number of anilines is 2. The summed E-state index contributed by atoms with van der Waals surface area (Å²) in [5, 5.41) is 10.8. The third kappa shape index (κ3) is 5.78. The summed E-state index contributed by atoms with van der Waals surface area (Å²) in [6.45, 7) is 2.29. The van der Waals surface area contributed by atoms with E-state index in [1.54, 1.807) is 67.6 Å². The van der Waals surface area contributed by atoms with Gasteiger partial charge in [-0.3, -0.25) is 14.5 Å². The van der Waals surface area contributed by atoms with Crippen molar-refractivity contribution in [2.45, 2.75) is 24.8 Å². The Morgan fingerprint density at radius 1 is 1.11 bits per heavy atom. The quantitative estimate of drug-likeness (QED) is 0.151. The maximum Gasteiger partial charge on any atom is 0.307 e. The minimum Gasteiger partial charge on any atom is -0.466 e. The summed E-state index contributed by atoms with van der Waals surface area (Å²) in [6, 6.07) is 20.7. The topological polar surface area (TPSA) is 143 Å². The van der Waals surface area contributed by atoms with Gasteiger partial charge < -0.3 is 20.4 Å². The van der Waals surface area contributed by atoms with Gasteiger partial charge in [0.15, 0.2) is 0 Å². The van der Waals surface area contributed by atoms with E-state index in [0.29, 0.717) is 29.1 Å². The molecule has 0 aliphatic carbocycles. The number of para-hydroxylation sites is 1. The number of rotatable bonds is 11. The van der Waals surface area contributed by atoms with Crippen molar-refractivity contribution in [1.29, 1.82) is 5.41 Å². The minimum atomic E-state index is -3.99. The summed E-state index contributed by atoms with van der Waals surface area (Å²) >= 11 is 0. The Labute approximate surface area is 221 Å². The van der Waals surface area contributed by atoms with Crippen LogP contribution in [0.25, 0.3) is 11.0 Å². The van der Waals surface area contributed by atoms with Crippen molar-refractivity contribution in [3.8, 4) is 0 Å². The highest BCUT2D eigenvalue weighted by atomic mass is 32.2. The number of hydrogen-bond donors (Lipinski definition) is 3. The van der Waals surface area contributed by atoms with Gasteiger partial charge in [0.25, 0.3) is 10.0 Å². The van der Waals surface area contributed by atoms with Crippen LogP contribution in [0.15, 0.2) is 77.7 Å². The van der Waals surface area contributed by atoms with Gasteiger partial charge in [0.05, 0.1) is 41.2 Å². The highest BCUT2D eigenvalue weighted by Crippen LogP contribution is 2.27. The predicted octanol–water partition coefficient (Wildman–Crippen LogP) is 3.62. The fraction of sp³-hybridized carbons (Fsp3) is 0.222. The molecule has 11 heteroatoms. The summed E-state index contributed by atoms with van der Waals surface area (Å²) in [5.74, 6) is 0.258. The number of esters is 1. The second-order valence-corrected chi connectivity index (χ2v) is 10.4. The molecule has 10 nitrogen and oxygen atoms in total. The number of carbonyl (C=O) groups excluding carboxylic acids is 1. The summed E-state index contributed by atoms with van der Waals surface area (Å²) < 4.78 is 35.6. The lowest BCUT2D eigenvalue weighted by Crippen LogP contribution is -2.33. The van der Waals surface area contributed by atoms with E-state index in [9.17, 15) is 13.2 Å². The molecule has 4 N–H and O–H groups in total. The summed E-state index contributed by atoms with van der Waals surface area (Å²) in [4.78, 5) is 16.7. The molecule has 0 saturated heterocycles. The lowest BCUT2D eigenvalue weighted by molar-refractivity contribution is -0.142. The zero-order valence-corrected chi connectivity index (χ0v) is 22.0. The Morgan fingerprint density at radius 3 is 2.47 bits per heavy atom. The van der Waals surface area contributed by atoms with Gasteiger partial charge >= 0.3 is 5.97 Å². The second kappa shape index (κ2) is 11.3. The fourth-order valence-electron chi connectivity index (χ4n) is 4.03. The van der Waals surface area contributed by atoms with E-state index in [-0.39, 0.29) is 30.3 Å². The van der Waals surface area contributed by atoms with Gasteiger partial charge in [0.2, 0.25) is 0 Å². The zero-order valence-electron chi connectivity index (χ0n) is 21.2. The van der Waals surface area contributed by atoms with Crippen molar-refractivity contribution in [2.75, 3.05) is 22.8 Å². The molecule has 4 rings (SSSR count). The number of hydrogen-bond acceptors (Lipinski definition) is 7. The van der Waals surface area contributed by atoms with Crippen molar-refractivity contribution in [2.24, 2.45) is 12.8 Å². The number of amidine groups is 1. The summed E-state index contributed by atoms with van der Waals surface area (Å²) in [5.41, 5.74) is 8.77. The summed E-state index contributed by atoms with van der Waals surface area (Å²) in [6.07, 6.45) is -0.0724. The Hall–Kier alpha value is -4.38. The third-order valence-electron chi connectivity index (χ3n) is 6.05. The van der Waals surface area contributed by atoms with Gasteiger partial charge in [-0.25, -0.2) is 13.4 Å². The van der Waals surface area contributed by atoms with Gasteiger partial charge in [-0.2, -0.15) is 0 Å². The van der Waals surface area contributed by atoms with Crippen molar-refractivity contribution >= 4 is 44.2 Å². The highest BCUT2D eigenvalue weighted by molar-refractivity contribution is 7.92. The smallest absolute Gasteiger partial charge is 0.307 e. The standard InChI is InChI=1S/C27H30N6O4S/c1-3-37-26(34)15-16-33(21-7-5-4-6-8-21)38(35,36)22-13-14-24-23(17-22)31-25(32(24)2)18-30-20-11-9-19(10-12-20)27(28)29/h4-14,17,30H,3,15-16,18H2,1-2H3,(H3,28,29). The van der Waals surface area contributed by atoms with Crippen LogP contribution in [-0.2, 0) is 33.1 Å². The van der Waals surface area contributed by atoms with Crippen molar-refractivity contribution in [1.82, 2.24) is 9.55 Å². The maximum atomic E-state index is 13.7. The molecule has 0 radical (unpaired) electrons. The Morgan fingerprint density at radius 2 is 1.82 bits per heavy atom. The molecule has 4 aromatic rings. The first-order chi connectivity index (χ1) is 18.2. The van der Waals surface area contributed by atoms with Gasteiger partial charge in [-0.15, -0.1) is 0 Å². The number of ether oxygens (including phenoxy) is 1. The van der Waals surface area contributed by atoms with Crippen LogP contribution in [-0.4, -0.2) is 42.9 Å². The van der Waals surface area contributed by atoms with Crippen LogP contribution in [0, 0.1) is 5.41 Å². The molecule has 0 fully saturated rings. The molecule has 0 aliphatic heterocycles. The number of nitrogens with zero attached hydrogens (tertiary/aromatic N) is 3. The van der Waals surface area contributed by atoms with E-state index >= 15 is 0 Å². The van der Waals surface area contributed by atoms with E-state index in [1.165, 1.54) is 4.31 Å². The number of aryl methyl sites for hydroxylation is 1. The van der Waals surface area contributed by atoms with Crippen LogP contribution >= 0.6 is 0 Å². The lowest BCUT2D eigenvalue weighted by Gasteiger charge is -2.24. The third-order valence-corrected chi connectivity index (χ3v) is 7.87. The molecule has 0 unspecified atom stereocenters. The van der Waals surface area contributed by atoms with Crippen molar-refractivity contribution in [3.63, 3.8) is 0 Å². The lowest BCUT2D eigenvalue weighted by atomic mass is 10.2. The number of nitrogen functional groups attached to an aromatic ring is 1. The number of carbonyl (C=O) groups is 1. The van der Waals surface area contributed by atoms with E-state index in [4.69, 9.17) is 15.9 Å². The van der Waals surface area contributed by atoms with Gasteiger partial charge in [-0.05, 0) is 61.5 Å². The van der Waals surface area contributed by atoms with Crippen LogP contribution in [0.3, 0.4) is 0 Å². The Balaban J connectivity index is 1.60. The summed E-state index contributed by atoms with van der Waals surface area (Å²) in [7, 11) is -2.12. The van der Waals surface area contributed by atoms with Crippen LogP contribution < -0.4 is 15.4 Å². The molecule has 0 atom stereocenters. The van der Waals surface area contributed by atoms with E-state index in [0.717, 1.165) is 11.2 Å². The normalized spacial score (nSPS) is 11.3. The molecule has 1 aromatic heterocycles. The maximum absolute atomic E-state index is 13.7. The average Bonchev–Trinajstić information content (AvgIpc) is 3.23. The van der Waals surface area contributed by atoms with Crippen LogP contribution in [0.2, 0.25) is 0 Å². The second-order valence-electron chi connectivity index (χ2n) is 8.55. The molecule has 0 aliphatic rings. The van der Waals surface area contributed by atoms with Crippen LogP contribution in [0.4, 0.5) is 11.4 Å². The zero-order chi connectivity index (χ0) is 27.3. The van der Waals surface area contributed by atoms with Gasteiger partial charge in [0.1, 0.15) is 11.7 Å². The molecule has 38 heavy (non-hydrogen) atoms. The first-order valence-corrected chi connectivity index (χ1v) is 13.5. The first-order valence-electron chi connectivity index (χ1n) is 12.1.